The van der Waals surface area contributed by atoms with Crippen LogP contribution in [0, 0.1) is 6.92 Å². The van der Waals surface area contributed by atoms with E-state index < -0.39 is 0 Å². The summed E-state index contributed by atoms with van der Waals surface area (Å²) in [6.45, 7) is 8.33. The average Bonchev–Trinajstić information content (AvgIpc) is 1.92. The van der Waals surface area contributed by atoms with Gasteiger partial charge >= 0.3 is 37.7 Å². The first-order valence-corrected chi connectivity index (χ1v) is 4.21. The van der Waals surface area contributed by atoms with Crippen molar-refractivity contribution in [1.82, 2.24) is 0 Å². The third-order valence-electron chi connectivity index (χ3n) is 1.96. The maximum atomic E-state index is 9.57. The number of aryl methyl sites for hydroxylation is 1. The molecular formula is C11H18CaO. The number of benzene rings is 1. The summed E-state index contributed by atoms with van der Waals surface area (Å²) in [5.74, 6) is 0.396. The van der Waals surface area contributed by atoms with E-state index in [9.17, 15) is 5.11 Å². The second kappa shape index (κ2) is 4.68. The molecular weight excluding hydrogens is 188 g/mol. The standard InChI is InChI=1S/C11H16O.Ca.2H/c1-8-5-6-10(12)9(7-8)11(2,3)4;;;/h5-7,12H,1-4H3;;;/q;+2;2*-1. The first kappa shape index (κ1) is 13.3. The molecule has 13 heavy (non-hydrogen) atoms. The largest absolute Gasteiger partial charge is 2.00 e. The molecule has 70 valence electrons. The number of aromatic hydroxyl groups is 1. The molecule has 0 spiro atoms. The Balaban J connectivity index is -0.000000480. The molecule has 1 rings (SSSR count). The van der Waals surface area contributed by atoms with Crippen LogP contribution < -0.4 is 0 Å². The van der Waals surface area contributed by atoms with E-state index in [4.69, 9.17) is 0 Å². The van der Waals surface area contributed by atoms with E-state index >= 15 is 0 Å². The van der Waals surface area contributed by atoms with Crippen molar-refractivity contribution in [1.29, 1.82) is 0 Å². The minimum Gasteiger partial charge on any atom is -1.00 e. The van der Waals surface area contributed by atoms with Gasteiger partial charge in [-0.2, -0.15) is 0 Å². The molecule has 0 aliphatic rings. The number of phenolic OH excluding ortho intramolecular Hbond substituents is 1. The van der Waals surface area contributed by atoms with Crippen LogP contribution in [0.15, 0.2) is 18.2 Å². The third-order valence-corrected chi connectivity index (χ3v) is 1.96. The Kier molecular flexibility index (Phi) is 4.78. The Morgan fingerprint density at radius 3 is 2.15 bits per heavy atom. The van der Waals surface area contributed by atoms with E-state index in [0.717, 1.165) is 5.56 Å². The third kappa shape index (κ3) is 3.49. The Labute approximate surface area is 113 Å². The van der Waals surface area contributed by atoms with Crippen LogP contribution in [0.1, 0.15) is 34.8 Å². The summed E-state index contributed by atoms with van der Waals surface area (Å²) < 4.78 is 0. The first-order valence-electron chi connectivity index (χ1n) is 4.21. The summed E-state index contributed by atoms with van der Waals surface area (Å²) in [6.07, 6.45) is 0. The van der Waals surface area contributed by atoms with Crippen molar-refractivity contribution in [2.75, 3.05) is 0 Å². The molecule has 0 amide bonds. The van der Waals surface area contributed by atoms with Gasteiger partial charge in [0.1, 0.15) is 5.75 Å². The molecule has 0 saturated heterocycles. The van der Waals surface area contributed by atoms with Gasteiger partial charge in [-0.1, -0.05) is 38.5 Å². The van der Waals surface area contributed by atoms with Crippen LogP contribution in [0.25, 0.3) is 0 Å². The van der Waals surface area contributed by atoms with Crippen LogP contribution in [0.5, 0.6) is 5.75 Å². The van der Waals surface area contributed by atoms with Gasteiger partial charge in [0.2, 0.25) is 0 Å². The zero-order valence-corrected chi connectivity index (χ0v) is 11.1. The van der Waals surface area contributed by atoms with E-state index in [1.807, 2.05) is 19.1 Å². The van der Waals surface area contributed by atoms with Gasteiger partial charge in [-0.25, -0.2) is 0 Å². The quantitative estimate of drug-likeness (QED) is 0.647. The van der Waals surface area contributed by atoms with Crippen molar-refractivity contribution in [2.24, 2.45) is 0 Å². The smallest absolute Gasteiger partial charge is 1.00 e. The average molecular weight is 206 g/mol. The van der Waals surface area contributed by atoms with Gasteiger partial charge in [0.05, 0.1) is 0 Å². The summed E-state index contributed by atoms with van der Waals surface area (Å²) in [6, 6.07) is 5.72. The topological polar surface area (TPSA) is 20.2 Å². The molecule has 0 atom stereocenters. The summed E-state index contributed by atoms with van der Waals surface area (Å²) in [5.41, 5.74) is 2.23. The van der Waals surface area contributed by atoms with E-state index in [0.29, 0.717) is 5.75 Å². The summed E-state index contributed by atoms with van der Waals surface area (Å²) in [4.78, 5) is 0. The fourth-order valence-electron chi connectivity index (χ4n) is 1.25. The van der Waals surface area contributed by atoms with Crippen LogP contribution >= 0.6 is 0 Å². The van der Waals surface area contributed by atoms with Gasteiger partial charge in [-0.05, 0) is 24.0 Å². The molecule has 2 heteroatoms. The molecule has 0 aliphatic carbocycles. The zero-order chi connectivity index (χ0) is 9.35. The normalized spacial score (nSPS) is 10.8. The molecule has 0 saturated carbocycles. The molecule has 0 unspecified atom stereocenters. The maximum Gasteiger partial charge on any atom is 2.00 e. The van der Waals surface area contributed by atoms with Gasteiger partial charge in [0.25, 0.3) is 0 Å². The van der Waals surface area contributed by atoms with Crippen LogP contribution in [0.3, 0.4) is 0 Å². The Hall–Kier alpha value is 0.280. The predicted octanol–water partition coefficient (Wildman–Crippen LogP) is 2.84. The van der Waals surface area contributed by atoms with Crippen molar-refractivity contribution in [3.05, 3.63) is 29.3 Å². The summed E-state index contributed by atoms with van der Waals surface area (Å²) >= 11 is 0. The fraction of sp³-hybridized carbons (Fsp3) is 0.455. The molecule has 1 N–H and O–H groups in total. The van der Waals surface area contributed by atoms with Gasteiger partial charge in [-0.3, -0.25) is 0 Å². The van der Waals surface area contributed by atoms with Crippen molar-refractivity contribution in [3.63, 3.8) is 0 Å². The van der Waals surface area contributed by atoms with Crippen molar-refractivity contribution in [2.45, 2.75) is 33.1 Å². The van der Waals surface area contributed by atoms with E-state index in [2.05, 4.69) is 20.8 Å². The molecule has 1 nitrogen and oxygen atoms in total. The zero-order valence-electron chi connectivity index (χ0n) is 10.9. The monoisotopic (exact) mass is 206 g/mol. The van der Waals surface area contributed by atoms with E-state index in [1.165, 1.54) is 5.56 Å². The number of phenols is 1. The number of rotatable bonds is 0. The second-order valence-corrected chi connectivity index (χ2v) is 4.27. The van der Waals surface area contributed by atoms with Crippen molar-refractivity contribution < 1.29 is 7.96 Å². The molecule has 0 bridgehead atoms. The summed E-state index contributed by atoms with van der Waals surface area (Å²) in [7, 11) is 0. The van der Waals surface area contributed by atoms with E-state index in [-0.39, 0.29) is 46.0 Å². The molecule has 1 aromatic rings. The SMILES string of the molecule is Cc1ccc(O)c(C(C)(C)C)c1.[Ca+2].[H-].[H-]. The molecule has 1 aromatic carbocycles. The molecule has 0 aromatic heterocycles. The van der Waals surface area contributed by atoms with E-state index in [1.54, 1.807) is 6.07 Å². The van der Waals surface area contributed by atoms with Gasteiger partial charge in [0, 0.05) is 0 Å². The van der Waals surface area contributed by atoms with Gasteiger partial charge in [0.15, 0.2) is 0 Å². The van der Waals surface area contributed by atoms with Crippen LogP contribution in [0.4, 0.5) is 0 Å². The Morgan fingerprint density at radius 2 is 1.77 bits per heavy atom. The van der Waals surface area contributed by atoms with Crippen LogP contribution in [0.2, 0.25) is 0 Å². The summed E-state index contributed by atoms with van der Waals surface area (Å²) in [5, 5.41) is 9.57. The van der Waals surface area contributed by atoms with Crippen molar-refractivity contribution in [3.8, 4) is 5.75 Å². The minimum absolute atomic E-state index is 0. The second-order valence-electron chi connectivity index (χ2n) is 4.27. The molecule has 0 fully saturated rings. The predicted molar refractivity (Wildman–Crippen MR) is 59.5 cm³/mol. The van der Waals surface area contributed by atoms with Crippen LogP contribution in [-0.2, 0) is 5.41 Å². The Bertz CT molecular complexity index is 295. The number of hydrogen-bond acceptors (Lipinski definition) is 1. The van der Waals surface area contributed by atoms with Gasteiger partial charge < -0.3 is 7.96 Å². The number of hydrogen-bond donors (Lipinski definition) is 1. The fourth-order valence-corrected chi connectivity index (χ4v) is 1.25. The minimum atomic E-state index is 0. The van der Waals surface area contributed by atoms with Crippen LogP contribution in [-0.4, -0.2) is 42.8 Å². The first-order chi connectivity index (χ1) is 5.41. The Morgan fingerprint density at radius 1 is 1.23 bits per heavy atom. The maximum absolute atomic E-state index is 9.57. The molecule has 0 aliphatic heterocycles. The molecule has 0 radical (unpaired) electrons. The van der Waals surface area contributed by atoms with Gasteiger partial charge in [-0.15, -0.1) is 0 Å². The van der Waals surface area contributed by atoms with Crippen molar-refractivity contribution >= 4 is 37.7 Å². The molecule has 0 heterocycles.